The highest BCUT2D eigenvalue weighted by molar-refractivity contribution is 7.78. The van der Waals surface area contributed by atoms with Crippen LogP contribution in [-0.2, 0) is 0 Å². The third-order valence-electron chi connectivity index (χ3n) is 3.13. The van der Waals surface area contributed by atoms with Crippen LogP contribution in [-0.4, -0.2) is 35.9 Å². The average molecular weight is 261 g/mol. The third kappa shape index (κ3) is 4.71. The van der Waals surface area contributed by atoms with Gasteiger partial charge in [0.25, 0.3) is 0 Å². The van der Waals surface area contributed by atoms with Crippen LogP contribution in [0.25, 0.3) is 0 Å². The van der Waals surface area contributed by atoms with Crippen LogP contribution in [0.1, 0.15) is 25.7 Å². The summed E-state index contributed by atoms with van der Waals surface area (Å²) in [6.45, 7) is 0.899. The minimum atomic E-state index is 0.520. The van der Waals surface area contributed by atoms with Crippen molar-refractivity contribution in [2.45, 2.75) is 31.7 Å². The van der Waals surface area contributed by atoms with Gasteiger partial charge in [-0.15, -0.1) is 11.6 Å². The van der Waals surface area contributed by atoms with Crippen LogP contribution in [0.4, 0.5) is 0 Å². The van der Waals surface area contributed by atoms with Crippen molar-refractivity contribution in [3.63, 3.8) is 0 Å². The first-order valence-electron chi connectivity index (χ1n) is 5.92. The zero-order chi connectivity index (χ0) is 11.8. The number of hydrogen-bond acceptors (Lipinski definition) is 2. The molecular formula is C12H21ClN2S. The van der Waals surface area contributed by atoms with E-state index in [0.717, 1.165) is 6.54 Å². The molecule has 1 N–H and O–H groups in total. The molecule has 0 heterocycles. The van der Waals surface area contributed by atoms with E-state index in [2.05, 4.69) is 29.5 Å². The lowest BCUT2D eigenvalue weighted by Gasteiger charge is -2.29. The molecule has 4 heteroatoms. The Kier molecular flexibility index (Phi) is 6.81. The fourth-order valence-electron chi connectivity index (χ4n) is 2.15. The van der Waals surface area contributed by atoms with Crippen LogP contribution in [0.5, 0.6) is 0 Å². The molecule has 0 aliphatic heterocycles. The minimum Gasteiger partial charge on any atom is -0.379 e. The van der Waals surface area contributed by atoms with Crippen LogP contribution < -0.4 is 5.32 Å². The van der Waals surface area contributed by atoms with Crippen molar-refractivity contribution >= 4 is 29.3 Å². The number of halogens is 1. The van der Waals surface area contributed by atoms with Crippen molar-refractivity contribution in [2.24, 2.45) is 5.92 Å². The minimum absolute atomic E-state index is 0.520. The third-order valence-corrected chi connectivity index (χ3v) is 3.43. The van der Waals surface area contributed by atoms with Crippen LogP contribution in [0.2, 0.25) is 0 Å². The molecule has 1 aliphatic rings. The standard InChI is InChI=1S/C12H21ClN2S/c1-15(9-7-13)8-6-11-4-2-3-5-12(11)14-10-16/h6,8,10-12H,2-5,7,9H2,1H3,(H,14,16)/b8-6-. The van der Waals surface area contributed by atoms with E-state index in [9.17, 15) is 0 Å². The SMILES string of the molecule is CN(/C=C\C1CCCCC1NC=S)CCCl. The topological polar surface area (TPSA) is 15.3 Å². The zero-order valence-corrected chi connectivity index (χ0v) is 11.4. The van der Waals surface area contributed by atoms with Crippen molar-refractivity contribution < 1.29 is 0 Å². The van der Waals surface area contributed by atoms with E-state index in [4.69, 9.17) is 23.8 Å². The highest BCUT2D eigenvalue weighted by Crippen LogP contribution is 2.25. The molecule has 1 fully saturated rings. The van der Waals surface area contributed by atoms with Crippen LogP contribution in [0, 0.1) is 5.92 Å². The number of nitrogens with zero attached hydrogens (tertiary/aromatic N) is 1. The Morgan fingerprint density at radius 1 is 1.44 bits per heavy atom. The summed E-state index contributed by atoms with van der Waals surface area (Å²) in [6.07, 6.45) is 9.55. The number of alkyl halides is 1. The maximum atomic E-state index is 5.69. The van der Waals surface area contributed by atoms with Gasteiger partial charge in [-0.3, -0.25) is 0 Å². The van der Waals surface area contributed by atoms with Gasteiger partial charge in [-0.05, 0) is 25.0 Å². The summed E-state index contributed by atoms with van der Waals surface area (Å²) >= 11 is 10.6. The summed E-state index contributed by atoms with van der Waals surface area (Å²) in [5.74, 6) is 1.28. The van der Waals surface area contributed by atoms with E-state index in [1.54, 1.807) is 5.49 Å². The lowest BCUT2D eigenvalue weighted by molar-refractivity contribution is 0.336. The molecule has 1 aliphatic carbocycles. The van der Waals surface area contributed by atoms with E-state index in [1.165, 1.54) is 25.7 Å². The fraction of sp³-hybridized carbons (Fsp3) is 0.750. The van der Waals surface area contributed by atoms with Gasteiger partial charge in [-0.25, -0.2) is 0 Å². The molecule has 16 heavy (non-hydrogen) atoms. The molecule has 0 bridgehead atoms. The molecule has 1 rings (SSSR count). The smallest absolute Gasteiger partial charge is 0.0617 e. The number of nitrogens with one attached hydrogen (secondary N) is 1. The zero-order valence-electron chi connectivity index (χ0n) is 9.86. The van der Waals surface area contributed by atoms with Gasteiger partial charge in [0.1, 0.15) is 0 Å². The van der Waals surface area contributed by atoms with Crippen molar-refractivity contribution in [1.29, 1.82) is 0 Å². The van der Waals surface area contributed by atoms with Gasteiger partial charge in [-0.1, -0.05) is 31.1 Å². The van der Waals surface area contributed by atoms with Gasteiger partial charge in [-0.2, -0.15) is 0 Å². The maximum Gasteiger partial charge on any atom is 0.0617 e. The van der Waals surface area contributed by atoms with Crippen molar-refractivity contribution in [1.82, 2.24) is 10.2 Å². The Morgan fingerprint density at radius 2 is 2.19 bits per heavy atom. The monoisotopic (exact) mass is 260 g/mol. The van der Waals surface area contributed by atoms with Crippen molar-refractivity contribution in [3.8, 4) is 0 Å². The Morgan fingerprint density at radius 3 is 2.88 bits per heavy atom. The molecule has 2 atom stereocenters. The highest BCUT2D eigenvalue weighted by atomic mass is 35.5. The van der Waals surface area contributed by atoms with E-state index >= 15 is 0 Å². The summed E-state index contributed by atoms with van der Waals surface area (Å²) < 4.78 is 0. The summed E-state index contributed by atoms with van der Waals surface area (Å²) in [6, 6.07) is 0.520. The Balaban J connectivity index is 2.44. The van der Waals surface area contributed by atoms with Gasteiger partial charge >= 0.3 is 0 Å². The molecule has 2 nitrogen and oxygen atoms in total. The van der Waals surface area contributed by atoms with E-state index in [-0.39, 0.29) is 0 Å². The molecule has 92 valence electrons. The van der Waals surface area contributed by atoms with Gasteiger partial charge in [0.2, 0.25) is 0 Å². The maximum absolute atomic E-state index is 5.69. The fourth-order valence-corrected chi connectivity index (χ4v) is 2.59. The molecule has 0 saturated heterocycles. The van der Waals surface area contributed by atoms with E-state index in [0.29, 0.717) is 17.8 Å². The molecule has 0 radical (unpaired) electrons. The summed E-state index contributed by atoms with van der Waals surface area (Å²) in [5.41, 5.74) is 1.65. The van der Waals surface area contributed by atoms with Gasteiger partial charge < -0.3 is 10.2 Å². The predicted molar refractivity (Wildman–Crippen MR) is 75.0 cm³/mol. The Labute approximate surface area is 109 Å². The van der Waals surface area contributed by atoms with Crippen molar-refractivity contribution in [2.75, 3.05) is 19.5 Å². The number of rotatable bonds is 6. The first-order chi connectivity index (χ1) is 7.77. The molecular weight excluding hydrogens is 240 g/mol. The summed E-state index contributed by atoms with van der Waals surface area (Å²) in [7, 11) is 2.06. The van der Waals surface area contributed by atoms with Gasteiger partial charge in [0.15, 0.2) is 0 Å². The molecule has 1 saturated carbocycles. The quantitative estimate of drug-likeness (QED) is 0.584. The second-order valence-corrected chi connectivity index (χ2v) is 4.96. The lowest BCUT2D eigenvalue weighted by Crippen LogP contribution is -2.36. The summed E-state index contributed by atoms with van der Waals surface area (Å²) in [5, 5.41) is 3.28. The molecule has 0 aromatic carbocycles. The molecule has 0 spiro atoms. The summed E-state index contributed by atoms with van der Waals surface area (Å²) in [4.78, 5) is 2.13. The second kappa shape index (κ2) is 7.91. The lowest BCUT2D eigenvalue weighted by atomic mass is 9.84. The second-order valence-electron chi connectivity index (χ2n) is 4.35. The van der Waals surface area contributed by atoms with Crippen LogP contribution >= 0.6 is 23.8 Å². The highest BCUT2D eigenvalue weighted by Gasteiger charge is 2.21. The van der Waals surface area contributed by atoms with Gasteiger partial charge in [0.05, 0.1) is 5.49 Å². The van der Waals surface area contributed by atoms with E-state index < -0.39 is 0 Å². The van der Waals surface area contributed by atoms with Crippen LogP contribution in [0.3, 0.4) is 0 Å². The largest absolute Gasteiger partial charge is 0.379 e. The molecule has 0 aromatic rings. The molecule has 0 aromatic heterocycles. The first kappa shape index (κ1) is 13.8. The van der Waals surface area contributed by atoms with Crippen molar-refractivity contribution in [3.05, 3.63) is 12.3 Å². The Hall–Kier alpha value is -0.280. The number of hydrogen-bond donors (Lipinski definition) is 1. The normalized spacial score (nSPS) is 25.6. The Bertz CT molecular complexity index is 233. The molecule has 2 unspecified atom stereocenters. The number of thiocarbonyl (C=S) groups is 1. The van der Waals surface area contributed by atoms with Crippen LogP contribution in [0.15, 0.2) is 12.3 Å². The predicted octanol–water partition coefficient (Wildman–Crippen LogP) is 2.78. The van der Waals surface area contributed by atoms with Gasteiger partial charge in [0, 0.05) is 25.5 Å². The average Bonchev–Trinajstić information content (AvgIpc) is 2.29. The molecule has 0 amide bonds. The van der Waals surface area contributed by atoms with E-state index in [1.807, 2.05) is 0 Å². The first-order valence-corrected chi connectivity index (χ1v) is 6.92.